The molecule has 21 heavy (non-hydrogen) atoms. The molecule has 2 N–H and O–H groups in total. The topological polar surface area (TPSA) is 71.2 Å². The highest BCUT2D eigenvalue weighted by molar-refractivity contribution is 7.98. The van der Waals surface area contributed by atoms with Gasteiger partial charge < -0.3 is 10.2 Å². The van der Waals surface area contributed by atoms with E-state index in [4.69, 9.17) is 0 Å². The summed E-state index contributed by atoms with van der Waals surface area (Å²) in [5, 5.41) is 27.3. The van der Waals surface area contributed by atoms with Crippen LogP contribution in [-0.4, -0.2) is 25.2 Å². The number of aromatic hydroxyl groups is 2. The average Bonchev–Trinajstić information content (AvgIpc) is 2.97. The van der Waals surface area contributed by atoms with Gasteiger partial charge in [0.15, 0.2) is 0 Å². The number of benzene rings is 2. The number of rotatable bonds is 4. The molecule has 1 heterocycles. The van der Waals surface area contributed by atoms with Gasteiger partial charge in [0.2, 0.25) is 0 Å². The Morgan fingerprint density at radius 2 is 1.86 bits per heavy atom. The van der Waals surface area contributed by atoms with Gasteiger partial charge in [0, 0.05) is 16.7 Å². The van der Waals surface area contributed by atoms with Crippen LogP contribution in [0.15, 0.2) is 59.6 Å². The quantitative estimate of drug-likeness (QED) is 0.572. The van der Waals surface area contributed by atoms with Gasteiger partial charge in [-0.15, -0.1) is 16.9 Å². The normalized spacial score (nSPS) is 10.7. The van der Waals surface area contributed by atoms with Crippen LogP contribution in [0, 0.1) is 0 Å². The van der Waals surface area contributed by atoms with E-state index in [2.05, 4.69) is 10.3 Å². The smallest absolute Gasteiger partial charge is 0.141 e. The van der Waals surface area contributed by atoms with Gasteiger partial charge in [0.05, 0.1) is 11.9 Å². The molecule has 1 aromatic heterocycles. The number of phenols is 2. The predicted molar refractivity (Wildman–Crippen MR) is 80.7 cm³/mol. The van der Waals surface area contributed by atoms with Crippen molar-refractivity contribution in [3.63, 3.8) is 0 Å². The lowest BCUT2D eigenvalue weighted by Crippen LogP contribution is -1.95. The maximum Gasteiger partial charge on any atom is 0.141 e. The van der Waals surface area contributed by atoms with Crippen molar-refractivity contribution in [1.82, 2.24) is 15.0 Å². The Morgan fingerprint density at radius 1 is 1.05 bits per heavy atom. The third kappa shape index (κ3) is 3.17. The summed E-state index contributed by atoms with van der Waals surface area (Å²) >= 11 is 1.66. The number of nitrogens with zero attached hydrogens (tertiary/aromatic N) is 3. The summed E-state index contributed by atoms with van der Waals surface area (Å²) in [5.41, 5.74) is 1.20. The standard InChI is InChI=1S/C15H13N3O2S/c19-12-6-7-15(20)14(8-12)18-9-11(16-17-18)10-21-13-4-2-1-3-5-13/h1-9,19-20H,10H2. The minimum atomic E-state index is 0.0416. The Bertz CT molecular complexity index is 744. The lowest BCUT2D eigenvalue weighted by atomic mass is 10.3. The second kappa shape index (κ2) is 5.88. The molecule has 6 heteroatoms. The second-order valence-electron chi connectivity index (χ2n) is 4.43. The lowest BCUT2D eigenvalue weighted by molar-refractivity contribution is 0.455. The Kier molecular flexibility index (Phi) is 3.79. The zero-order valence-electron chi connectivity index (χ0n) is 11.0. The van der Waals surface area contributed by atoms with Gasteiger partial charge in [-0.05, 0) is 24.3 Å². The first kappa shape index (κ1) is 13.5. The second-order valence-corrected chi connectivity index (χ2v) is 5.48. The number of phenolic OH excluding ortho intramolecular Hbond substituents is 2. The summed E-state index contributed by atoms with van der Waals surface area (Å²) in [6.45, 7) is 0. The van der Waals surface area contributed by atoms with Crippen LogP contribution >= 0.6 is 11.8 Å². The number of aromatic nitrogens is 3. The number of thioether (sulfide) groups is 1. The summed E-state index contributed by atoms with van der Waals surface area (Å²) in [5.74, 6) is 0.794. The SMILES string of the molecule is Oc1ccc(O)c(-n2cc(CSc3ccccc3)nn2)c1. The fraction of sp³-hybridized carbons (Fsp3) is 0.0667. The fourth-order valence-corrected chi connectivity index (χ4v) is 2.65. The van der Waals surface area contributed by atoms with Crippen LogP contribution in [0.25, 0.3) is 5.69 Å². The molecule has 3 aromatic rings. The van der Waals surface area contributed by atoms with Gasteiger partial charge in [-0.1, -0.05) is 23.4 Å². The Labute approximate surface area is 125 Å². The van der Waals surface area contributed by atoms with Crippen LogP contribution in [0.3, 0.4) is 0 Å². The van der Waals surface area contributed by atoms with Crippen LogP contribution in [0.5, 0.6) is 11.5 Å². The van der Waals surface area contributed by atoms with Crippen molar-refractivity contribution < 1.29 is 10.2 Å². The molecule has 106 valence electrons. The van der Waals surface area contributed by atoms with E-state index in [1.54, 1.807) is 18.0 Å². The van der Waals surface area contributed by atoms with E-state index >= 15 is 0 Å². The summed E-state index contributed by atoms with van der Waals surface area (Å²) in [6.07, 6.45) is 1.74. The molecule has 2 aromatic carbocycles. The fourth-order valence-electron chi connectivity index (χ4n) is 1.85. The van der Waals surface area contributed by atoms with Gasteiger partial charge in [-0.2, -0.15) is 0 Å². The first-order valence-electron chi connectivity index (χ1n) is 6.34. The molecule has 0 atom stereocenters. The third-order valence-electron chi connectivity index (χ3n) is 2.88. The van der Waals surface area contributed by atoms with Crippen LogP contribution in [0.1, 0.15) is 5.69 Å². The molecule has 0 radical (unpaired) electrons. The molecule has 0 aliphatic rings. The maximum absolute atomic E-state index is 9.80. The molecule has 0 bridgehead atoms. The molecule has 0 unspecified atom stereocenters. The van der Waals surface area contributed by atoms with Crippen molar-refractivity contribution in [1.29, 1.82) is 0 Å². The lowest BCUT2D eigenvalue weighted by Gasteiger charge is -2.03. The van der Waals surface area contributed by atoms with E-state index in [1.165, 1.54) is 22.9 Å². The number of hydrogen-bond donors (Lipinski definition) is 2. The highest BCUT2D eigenvalue weighted by Crippen LogP contribution is 2.26. The molecule has 0 fully saturated rings. The van der Waals surface area contributed by atoms with E-state index in [9.17, 15) is 10.2 Å². The average molecular weight is 299 g/mol. The van der Waals surface area contributed by atoms with Crippen molar-refractivity contribution in [3.8, 4) is 17.2 Å². The molecular weight excluding hydrogens is 286 g/mol. The summed E-state index contributed by atoms with van der Waals surface area (Å²) in [6, 6.07) is 14.3. The van der Waals surface area contributed by atoms with Crippen molar-refractivity contribution >= 4 is 11.8 Å². The van der Waals surface area contributed by atoms with E-state index < -0.39 is 0 Å². The van der Waals surface area contributed by atoms with E-state index in [0.717, 1.165) is 10.6 Å². The molecule has 0 aliphatic heterocycles. The summed E-state index contributed by atoms with van der Waals surface area (Å²) < 4.78 is 1.45. The van der Waals surface area contributed by atoms with Crippen LogP contribution in [-0.2, 0) is 5.75 Å². The monoisotopic (exact) mass is 299 g/mol. The van der Waals surface area contributed by atoms with Crippen LogP contribution in [0.4, 0.5) is 0 Å². The van der Waals surface area contributed by atoms with Crippen molar-refractivity contribution in [2.24, 2.45) is 0 Å². The minimum absolute atomic E-state index is 0.0416. The van der Waals surface area contributed by atoms with Gasteiger partial charge in [-0.3, -0.25) is 0 Å². The van der Waals surface area contributed by atoms with Crippen molar-refractivity contribution in [3.05, 3.63) is 60.4 Å². The molecule has 0 spiro atoms. The zero-order valence-corrected chi connectivity index (χ0v) is 11.9. The van der Waals surface area contributed by atoms with Gasteiger partial charge in [-0.25, -0.2) is 4.68 Å². The van der Waals surface area contributed by atoms with Gasteiger partial charge in [0.25, 0.3) is 0 Å². The molecule has 0 aliphatic carbocycles. The highest BCUT2D eigenvalue weighted by Gasteiger charge is 2.08. The molecular formula is C15H13N3O2S. The maximum atomic E-state index is 9.80. The largest absolute Gasteiger partial charge is 0.508 e. The first-order chi connectivity index (χ1) is 10.2. The summed E-state index contributed by atoms with van der Waals surface area (Å²) in [4.78, 5) is 1.16. The Hall–Kier alpha value is -2.47. The predicted octanol–water partition coefficient (Wildman–Crippen LogP) is 2.97. The van der Waals surface area contributed by atoms with E-state index in [1.807, 2.05) is 30.3 Å². The number of hydrogen-bond acceptors (Lipinski definition) is 5. The zero-order chi connectivity index (χ0) is 14.7. The first-order valence-corrected chi connectivity index (χ1v) is 7.32. The van der Waals surface area contributed by atoms with Crippen molar-refractivity contribution in [2.45, 2.75) is 10.6 Å². The summed E-state index contributed by atoms with van der Waals surface area (Å²) in [7, 11) is 0. The molecule has 5 nitrogen and oxygen atoms in total. The molecule has 0 amide bonds. The van der Waals surface area contributed by atoms with Crippen LogP contribution in [0.2, 0.25) is 0 Å². The highest BCUT2D eigenvalue weighted by atomic mass is 32.2. The Balaban J connectivity index is 1.76. The molecule has 0 saturated heterocycles. The minimum Gasteiger partial charge on any atom is -0.508 e. The van der Waals surface area contributed by atoms with E-state index in [-0.39, 0.29) is 11.5 Å². The Morgan fingerprint density at radius 3 is 2.67 bits per heavy atom. The third-order valence-corrected chi connectivity index (χ3v) is 3.92. The molecule has 0 saturated carbocycles. The van der Waals surface area contributed by atoms with E-state index in [0.29, 0.717) is 11.4 Å². The van der Waals surface area contributed by atoms with Crippen molar-refractivity contribution in [2.75, 3.05) is 0 Å². The molecule has 3 rings (SSSR count). The van der Waals surface area contributed by atoms with Crippen LogP contribution < -0.4 is 0 Å². The van der Waals surface area contributed by atoms with Gasteiger partial charge >= 0.3 is 0 Å². The van der Waals surface area contributed by atoms with Gasteiger partial charge in [0.1, 0.15) is 17.2 Å².